The van der Waals surface area contributed by atoms with Gasteiger partial charge < -0.3 is 9.30 Å². The van der Waals surface area contributed by atoms with Crippen LogP contribution in [0.2, 0.25) is 0 Å². The molecule has 0 saturated carbocycles. The maximum absolute atomic E-state index is 11.5. The first-order valence-electron chi connectivity index (χ1n) is 7.96. The van der Waals surface area contributed by atoms with Gasteiger partial charge in [0.1, 0.15) is 0 Å². The van der Waals surface area contributed by atoms with Gasteiger partial charge in [0, 0.05) is 29.2 Å². The number of benzene rings is 2. The van der Waals surface area contributed by atoms with Crippen molar-refractivity contribution in [1.29, 1.82) is 0 Å². The summed E-state index contributed by atoms with van der Waals surface area (Å²) in [6.45, 7) is 0.672. The first-order valence-corrected chi connectivity index (χ1v) is 7.96. The molecule has 7 heteroatoms. The van der Waals surface area contributed by atoms with Crippen LogP contribution in [0.3, 0.4) is 0 Å². The van der Waals surface area contributed by atoms with E-state index in [1.807, 2.05) is 42.6 Å². The molecule has 0 aliphatic rings. The van der Waals surface area contributed by atoms with Gasteiger partial charge >= 0.3 is 11.7 Å². The lowest BCUT2D eigenvalue weighted by atomic mass is 10.1. The number of esters is 1. The van der Waals surface area contributed by atoms with Gasteiger partial charge in [-0.3, -0.25) is 9.51 Å². The Hall–Kier alpha value is -3.61. The molecule has 0 aliphatic carbocycles. The van der Waals surface area contributed by atoms with E-state index in [0.717, 1.165) is 22.0 Å². The Morgan fingerprint density at radius 2 is 2.00 bits per heavy atom. The standard InChI is InChI=1S/C19H15N3O4/c1-25-18(23)13-4-2-12(3-5-13)11-22-9-8-14-10-15(6-7-16(14)22)17-20-19(24)26-21-17/h2-10H,11H2,1H3,(H,20,21,24). The van der Waals surface area contributed by atoms with Gasteiger partial charge in [-0.25, -0.2) is 9.59 Å². The molecule has 0 radical (unpaired) electrons. The maximum atomic E-state index is 11.5. The molecule has 0 amide bonds. The van der Waals surface area contributed by atoms with E-state index in [2.05, 4.69) is 19.2 Å². The second-order valence-electron chi connectivity index (χ2n) is 5.85. The van der Waals surface area contributed by atoms with Crippen molar-refractivity contribution in [3.8, 4) is 11.4 Å². The number of fused-ring (bicyclic) bond motifs is 1. The summed E-state index contributed by atoms with van der Waals surface area (Å²) in [5.41, 5.74) is 3.43. The van der Waals surface area contributed by atoms with Crippen molar-refractivity contribution >= 4 is 16.9 Å². The zero-order valence-corrected chi connectivity index (χ0v) is 13.9. The Balaban J connectivity index is 1.61. The number of methoxy groups -OCH3 is 1. The topological polar surface area (TPSA) is 90.1 Å². The fraction of sp³-hybridized carbons (Fsp3) is 0.105. The summed E-state index contributed by atoms with van der Waals surface area (Å²) < 4.78 is 11.4. The maximum Gasteiger partial charge on any atom is 0.439 e. The fourth-order valence-electron chi connectivity index (χ4n) is 2.90. The van der Waals surface area contributed by atoms with Crippen LogP contribution < -0.4 is 5.76 Å². The largest absolute Gasteiger partial charge is 0.465 e. The van der Waals surface area contributed by atoms with E-state index in [1.54, 1.807) is 12.1 Å². The summed E-state index contributed by atoms with van der Waals surface area (Å²) in [5.74, 6) is -0.516. The number of H-pyrrole nitrogens is 1. The lowest BCUT2D eigenvalue weighted by Crippen LogP contribution is -2.02. The highest BCUT2D eigenvalue weighted by Crippen LogP contribution is 2.23. The third-order valence-electron chi connectivity index (χ3n) is 4.21. The molecule has 2 heterocycles. The molecule has 0 fully saturated rings. The van der Waals surface area contributed by atoms with Gasteiger partial charge in [-0.15, -0.1) is 0 Å². The van der Waals surface area contributed by atoms with E-state index in [9.17, 15) is 9.59 Å². The van der Waals surface area contributed by atoms with E-state index in [-0.39, 0.29) is 5.97 Å². The minimum Gasteiger partial charge on any atom is -0.465 e. The number of carbonyl (C=O) groups is 1. The Kier molecular flexibility index (Phi) is 3.89. The van der Waals surface area contributed by atoms with Crippen LogP contribution in [0.25, 0.3) is 22.3 Å². The van der Waals surface area contributed by atoms with Crippen molar-refractivity contribution < 1.29 is 14.1 Å². The Morgan fingerprint density at radius 1 is 1.19 bits per heavy atom. The van der Waals surface area contributed by atoms with Crippen LogP contribution in [0, 0.1) is 0 Å². The number of nitrogens with one attached hydrogen (secondary N) is 1. The van der Waals surface area contributed by atoms with Gasteiger partial charge in [0.2, 0.25) is 0 Å². The predicted octanol–water partition coefficient (Wildman–Crippen LogP) is 2.82. The monoisotopic (exact) mass is 349 g/mol. The summed E-state index contributed by atoms with van der Waals surface area (Å²) in [6, 6.07) is 15.1. The number of ether oxygens (including phenoxy) is 1. The Bertz CT molecular complexity index is 1140. The van der Waals surface area contributed by atoms with Crippen LogP contribution in [0.4, 0.5) is 0 Å². The zero-order chi connectivity index (χ0) is 18.1. The molecule has 0 aliphatic heterocycles. The van der Waals surface area contributed by atoms with Crippen LogP contribution in [0.15, 0.2) is 64.0 Å². The van der Waals surface area contributed by atoms with Gasteiger partial charge in [-0.1, -0.05) is 17.3 Å². The van der Waals surface area contributed by atoms with Crippen molar-refractivity contribution in [1.82, 2.24) is 14.7 Å². The summed E-state index contributed by atoms with van der Waals surface area (Å²) in [7, 11) is 1.37. The Labute approximate surface area is 147 Å². The van der Waals surface area contributed by atoms with Crippen molar-refractivity contribution in [3.63, 3.8) is 0 Å². The highest BCUT2D eigenvalue weighted by Gasteiger charge is 2.09. The molecule has 7 nitrogen and oxygen atoms in total. The van der Waals surface area contributed by atoms with Crippen LogP contribution >= 0.6 is 0 Å². The summed E-state index contributed by atoms with van der Waals surface area (Å²) >= 11 is 0. The summed E-state index contributed by atoms with van der Waals surface area (Å²) in [6.07, 6.45) is 1.99. The zero-order valence-electron chi connectivity index (χ0n) is 13.9. The van der Waals surface area contributed by atoms with Crippen LogP contribution in [0.1, 0.15) is 15.9 Å². The van der Waals surface area contributed by atoms with Crippen molar-refractivity contribution in [2.75, 3.05) is 7.11 Å². The minimum atomic E-state index is -0.576. The highest BCUT2D eigenvalue weighted by molar-refractivity contribution is 5.89. The molecule has 130 valence electrons. The molecule has 0 saturated heterocycles. The smallest absolute Gasteiger partial charge is 0.439 e. The average Bonchev–Trinajstić information content (AvgIpc) is 3.28. The normalized spacial score (nSPS) is 11.0. The molecular weight excluding hydrogens is 334 g/mol. The number of nitrogens with zero attached hydrogens (tertiary/aromatic N) is 2. The summed E-state index contributed by atoms with van der Waals surface area (Å²) in [4.78, 5) is 25.2. The highest BCUT2D eigenvalue weighted by atomic mass is 16.5. The van der Waals surface area contributed by atoms with E-state index < -0.39 is 5.76 Å². The quantitative estimate of drug-likeness (QED) is 0.572. The first kappa shape index (κ1) is 15.9. The molecule has 0 spiro atoms. The van der Waals surface area contributed by atoms with Crippen molar-refractivity contribution in [2.24, 2.45) is 0 Å². The van der Waals surface area contributed by atoms with Crippen LogP contribution in [-0.2, 0) is 11.3 Å². The number of rotatable bonds is 4. The molecule has 2 aromatic heterocycles. The first-order chi connectivity index (χ1) is 12.6. The molecule has 0 unspecified atom stereocenters. The van der Waals surface area contributed by atoms with Crippen LogP contribution in [-0.4, -0.2) is 27.8 Å². The van der Waals surface area contributed by atoms with Gasteiger partial charge in [-0.05, 0) is 42.0 Å². The second-order valence-corrected chi connectivity index (χ2v) is 5.85. The van der Waals surface area contributed by atoms with E-state index in [4.69, 9.17) is 4.74 Å². The molecule has 2 aromatic carbocycles. The minimum absolute atomic E-state index is 0.346. The third-order valence-corrected chi connectivity index (χ3v) is 4.21. The predicted molar refractivity (Wildman–Crippen MR) is 94.9 cm³/mol. The lowest BCUT2D eigenvalue weighted by Gasteiger charge is -2.07. The van der Waals surface area contributed by atoms with Gasteiger partial charge in [0.15, 0.2) is 5.82 Å². The number of aromatic nitrogens is 3. The summed E-state index contributed by atoms with van der Waals surface area (Å²) in [5, 5.41) is 4.73. The fourth-order valence-corrected chi connectivity index (χ4v) is 2.90. The number of hydrogen-bond acceptors (Lipinski definition) is 5. The molecule has 4 rings (SSSR count). The molecule has 26 heavy (non-hydrogen) atoms. The van der Waals surface area contributed by atoms with E-state index in [1.165, 1.54) is 7.11 Å². The number of aromatic amines is 1. The van der Waals surface area contributed by atoms with Gasteiger partial charge in [0.05, 0.1) is 12.7 Å². The van der Waals surface area contributed by atoms with Crippen LogP contribution in [0.5, 0.6) is 0 Å². The molecular formula is C19H15N3O4. The SMILES string of the molecule is COC(=O)c1ccc(Cn2ccc3cc(-c4noc(=O)[nH]4)ccc32)cc1. The number of hydrogen-bond donors (Lipinski definition) is 1. The molecule has 0 bridgehead atoms. The van der Waals surface area contributed by atoms with Crippen molar-refractivity contribution in [3.05, 3.63) is 76.4 Å². The Morgan fingerprint density at radius 3 is 2.69 bits per heavy atom. The van der Waals surface area contributed by atoms with Crippen molar-refractivity contribution in [2.45, 2.75) is 6.54 Å². The molecule has 0 atom stereocenters. The average molecular weight is 349 g/mol. The number of carbonyl (C=O) groups excluding carboxylic acids is 1. The third kappa shape index (κ3) is 2.90. The van der Waals surface area contributed by atoms with Gasteiger partial charge in [-0.2, -0.15) is 0 Å². The molecule has 4 aromatic rings. The van der Waals surface area contributed by atoms with Gasteiger partial charge in [0.25, 0.3) is 0 Å². The second kappa shape index (κ2) is 6.36. The van der Waals surface area contributed by atoms with E-state index >= 15 is 0 Å². The van der Waals surface area contributed by atoms with E-state index in [0.29, 0.717) is 17.9 Å². The lowest BCUT2D eigenvalue weighted by molar-refractivity contribution is 0.0600. The molecule has 1 N–H and O–H groups in total.